The van der Waals surface area contributed by atoms with Crippen molar-refractivity contribution in [2.75, 3.05) is 7.11 Å². The van der Waals surface area contributed by atoms with E-state index in [1.807, 2.05) is 18.2 Å². The van der Waals surface area contributed by atoms with Crippen LogP contribution in [-0.4, -0.2) is 27.1 Å². The number of aromatic nitrogens is 3. The summed E-state index contributed by atoms with van der Waals surface area (Å²) < 4.78 is 8.08. The van der Waals surface area contributed by atoms with Crippen LogP contribution in [0.25, 0.3) is 16.9 Å². The molecule has 30 heavy (non-hydrogen) atoms. The van der Waals surface area contributed by atoms with Gasteiger partial charge in [0.05, 0.1) is 18.3 Å². The minimum absolute atomic E-state index is 0.130. The summed E-state index contributed by atoms with van der Waals surface area (Å²) >= 11 is 6.14. The summed E-state index contributed by atoms with van der Waals surface area (Å²) in [5, 5.41) is 3.39. The van der Waals surface area contributed by atoms with Gasteiger partial charge in [0, 0.05) is 17.8 Å². The summed E-state index contributed by atoms with van der Waals surface area (Å²) in [6.45, 7) is 0.150. The van der Waals surface area contributed by atoms with E-state index >= 15 is 0 Å². The van der Waals surface area contributed by atoms with Crippen LogP contribution in [0.2, 0.25) is 5.02 Å². The maximum Gasteiger partial charge on any atom is 0.335 e. The molecule has 0 atom stereocenters. The number of methoxy groups -OCH3 is 1. The number of pyridine rings is 1. The number of nitrogens with one attached hydrogen (secondary N) is 1. The first-order valence-electron chi connectivity index (χ1n) is 9.29. The first kappa shape index (κ1) is 19.7. The van der Waals surface area contributed by atoms with Gasteiger partial charge >= 0.3 is 5.69 Å². The Hall–Kier alpha value is -3.58. The lowest BCUT2D eigenvalue weighted by atomic mass is 10.2. The van der Waals surface area contributed by atoms with Crippen molar-refractivity contribution in [2.24, 2.45) is 0 Å². The maximum atomic E-state index is 13.2. The molecule has 7 nitrogen and oxygen atoms in total. The summed E-state index contributed by atoms with van der Waals surface area (Å²) in [5.41, 5.74) is 2.15. The van der Waals surface area contributed by atoms with Crippen LogP contribution in [0.5, 0.6) is 5.75 Å². The van der Waals surface area contributed by atoms with Crippen molar-refractivity contribution in [2.45, 2.75) is 13.1 Å². The van der Waals surface area contributed by atoms with Gasteiger partial charge in [0.2, 0.25) is 5.91 Å². The van der Waals surface area contributed by atoms with E-state index in [4.69, 9.17) is 16.3 Å². The molecule has 1 amide bonds. The van der Waals surface area contributed by atoms with Crippen LogP contribution in [0.1, 0.15) is 5.56 Å². The van der Waals surface area contributed by atoms with Gasteiger partial charge in [-0.05, 0) is 48.0 Å². The zero-order valence-electron chi connectivity index (χ0n) is 16.2. The fourth-order valence-corrected chi connectivity index (χ4v) is 3.44. The zero-order valence-corrected chi connectivity index (χ0v) is 17.0. The second kappa shape index (κ2) is 8.42. The highest BCUT2D eigenvalue weighted by Gasteiger charge is 2.17. The van der Waals surface area contributed by atoms with E-state index < -0.39 is 0 Å². The van der Waals surface area contributed by atoms with Crippen molar-refractivity contribution >= 4 is 28.7 Å². The highest BCUT2D eigenvalue weighted by atomic mass is 35.5. The smallest absolute Gasteiger partial charge is 0.335 e. The van der Waals surface area contributed by atoms with Crippen molar-refractivity contribution in [3.8, 4) is 11.4 Å². The molecular weight excluding hydrogens is 404 g/mol. The van der Waals surface area contributed by atoms with Gasteiger partial charge in [-0.3, -0.25) is 9.36 Å². The second-order valence-corrected chi connectivity index (χ2v) is 7.02. The van der Waals surface area contributed by atoms with E-state index in [1.54, 1.807) is 55.8 Å². The summed E-state index contributed by atoms with van der Waals surface area (Å²) in [6, 6.07) is 17.9. The second-order valence-electron chi connectivity index (χ2n) is 6.62. The molecule has 2 aromatic carbocycles. The van der Waals surface area contributed by atoms with Gasteiger partial charge in [0.25, 0.3) is 0 Å². The van der Waals surface area contributed by atoms with Crippen LogP contribution in [0.15, 0.2) is 71.7 Å². The third-order valence-electron chi connectivity index (χ3n) is 4.76. The van der Waals surface area contributed by atoms with Gasteiger partial charge < -0.3 is 10.1 Å². The number of rotatable bonds is 6. The molecule has 0 bridgehead atoms. The number of ether oxygens (including phenoxy) is 1. The molecule has 152 valence electrons. The third-order valence-corrected chi connectivity index (χ3v) is 5.13. The molecular formula is C22H19ClN4O3. The van der Waals surface area contributed by atoms with E-state index in [0.717, 1.165) is 5.56 Å². The molecule has 0 fully saturated rings. The molecule has 0 saturated heterocycles. The topological polar surface area (TPSA) is 78.1 Å². The van der Waals surface area contributed by atoms with Crippen molar-refractivity contribution in [3.63, 3.8) is 0 Å². The molecule has 0 radical (unpaired) electrons. The predicted molar refractivity (Wildman–Crippen MR) is 115 cm³/mol. The van der Waals surface area contributed by atoms with Gasteiger partial charge in [-0.1, -0.05) is 29.8 Å². The lowest BCUT2D eigenvalue weighted by molar-refractivity contribution is -0.121. The summed E-state index contributed by atoms with van der Waals surface area (Å²) in [4.78, 5) is 30.1. The first-order chi connectivity index (χ1) is 14.6. The largest absolute Gasteiger partial charge is 0.497 e. The first-order valence-corrected chi connectivity index (χ1v) is 9.67. The van der Waals surface area contributed by atoms with Gasteiger partial charge in [0.1, 0.15) is 12.3 Å². The van der Waals surface area contributed by atoms with E-state index in [9.17, 15) is 9.59 Å². The molecule has 4 rings (SSSR count). The van der Waals surface area contributed by atoms with Crippen LogP contribution in [0.3, 0.4) is 0 Å². The van der Waals surface area contributed by atoms with Crippen molar-refractivity contribution < 1.29 is 9.53 Å². The Morgan fingerprint density at radius 1 is 1.10 bits per heavy atom. The minimum Gasteiger partial charge on any atom is -0.497 e. The minimum atomic E-state index is -0.346. The maximum absolute atomic E-state index is 13.2. The van der Waals surface area contributed by atoms with E-state index in [2.05, 4.69) is 10.3 Å². The molecule has 0 aliphatic heterocycles. The SMILES string of the molecule is COc1ccc(-n2c(=O)n(CC(=O)NCc3ccccc3Cl)c3cccnc32)cc1. The Kier molecular flexibility index (Phi) is 5.54. The molecule has 1 N–H and O–H groups in total. The van der Waals surface area contributed by atoms with Gasteiger partial charge in [0.15, 0.2) is 5.65 Å². The number of amides is 1. The molecule has 2 heterocycles. The van der Waals surface area contributed by atoms with Crippen LogP contribution in [-0.2, 0) is 17.9 Å². The van der Waals surface area contributed by atoms with Crippen molar-refractivity contribution in [3.05, 3.63) is 87.9 Å². The number of halogens is 1. The standard InChI is InChI=1S/C22H19ClN4O3/c1-30-17-10-8-16(9-11-17)27-21-19(7-4-12-24-21)26(22(27)29)14-20(28)25-13-15-5-2-3-6-18(15)23/h2-12H,13-14H2,1H3,(H,25,28). The molecule has 0 aliphatic rings. The van der Waals surface area contributed by atoms with Gasteiger partial charge in [-0.25, -0.2) is 14.3 Å². The number of nitrogens with zero attached hydrogens (tertiary/aromatic N) is 3. The number of carbonyl (C=O) groups is 1. The molecule has 0 aliphatic carbocycles. The van der Waals surface area contributed by atoms with E-state index in [-0.39, 0.29) is 24.7 Å². The normalized spacial score (nSPS) is 10.9. The fourth-order valence-electron chi connectivity index (χ4n) is 3.24. The Morgan fingerprint density at radius 3 is 2.60 bits per heavy atom. The number of fused-ring (bicyclic) bond motifs is 1. The van der Waals surface area contributed by atoms with E-state index in [1.165, 1.54) is 9.13 Å². The molecule has 8 heteroatoms. The van der Waals surface area contributed by atoms with Gasteiger partial charge in [-0.2, -0.15) is 0 Å². The summed E-state index contributed by atoms with van der Waals surface area (Å²) in [7, 11) is 1.58. The molecule has 0 unspecified atom stereocenters. The average molecular weight is 423 g/mol. The van der Waals surface area contributed by atoms with E-state index in [0.29, 0.717) is 27.6 Å². The van der Waals surface area contributed by atoms with Crippen LogP contribution < -0.4 is 15.7 Å². The van der Waals surface area contributed by atoms with Crippen LogP contribution in [0.4, 0.5) is 0 Å². The Labute approximate surface area is 177 Å². The lowest BCUT2D eigenvalue weighted by Crippen LogP contribution is -2.32. The molecule has 2 aromatic heterocycles. The lowest BCUT2D eigenvalue weighted by Gasteiger charge is -2.07. The third kappa shape index (κ3) is 3.79. The molecule has 0 spiro atoms. The van der Waals surface area contributed by atoms with Crippen molar-refractivity contribution in [1.82, 2.24) is 19.4 Å². The Balaban J connectivity index is 1.64. The van der Waals surface area contributed by atoms with Crippen LogP contribution in [0, 0.1) is 0 Å². The summed E-state index contributed by atoms with van der Waals surface area (Å²) in [6.07, 6.45) is 1.61. The number of hydrogen-bond donors (Lipinski definition) is 1. The zero-order chi connectivity index (χ0) is 21.1. The van der Waals surface area contributed by atoms with Gasteiger partial charge in [-0.15, -0.1) is 0 Å². The molecule has 4 aromatic rings. The highest BCUT2D eigenvalue weighted by Crippen LogP contribution is 2.19. The fraction of sp³-hybridized carbons (Fsp3) is 0.136. The number of benzene rings is 2. The average Bonchev–Trinajstić information content (AvgIpc) is 3.04. The van der Waals surface area contributed by atoms with Crippen LogP contribution >= 0.6 is 11.6 Å². The summed E-state index contributed by atoms with van der Waals surface area (Å²) in [5.74, 6) is 0.386. The Morgan fingerprint density at radius 2 is 1.87 bits per heavy atom. The monoisotopic (exact) mass is 422 g/mol. The van der Waals surface area contributed by atoms with Crippen molar-refractivity contribution in [1.29, 1.82) is 0 Å². The highest BCUT2D eigenvalue weighted by molar-refractivity contribution is 6.31. The predicted octanol–water partition coefficient (Wildman–Crippen LogP) is 3.17. The Bertz CT molecular complexity index is 1260. The quantitative estimate of drug-likeness (QED) is 0.517. The number of hydrogen-bond acceptors (Lipinski definition) is 4. The number of imidazole rings is 1. The number of carbonyl (C=O) groups excluding carboxylic acids is 1. The molecule has 0 saturated carbocycles.